The van der Waals surface area contributed by atoms with Crippen molar-refractivity contribution in [2.24, 2.45) is 0 Å². The first-order valence-electron chi connectivity index (χ1n) is 5.94. The summed E-state index contributed by atoms with van der Waals surface area (Å²) in [6.07, 6.45) is 1.69. The number of nitrogens with zero attached hydrogens (tertiary/aromatic N) is 2. The Balaban J connectivity index is 2.07. The third-order valence-electron chi connectivity index (χ3n) is 3.07. The van der Waals surface area contributed by atoms with E-state index in [-0.39, 0.29) is 0 Å². The number of carbonyl (C=O) groups excluding carboxylic acids is 1. The van der Waals surface area contributed by atoms with Gasteiger partial charge < -0.3 is 0 Å². The van der Waals surface area contributed by atoms with Gasteiger partial charge in [0.2, 0.25) is 0 Å². The van der Waals surface area contributed by atoms with Crippen molar-refractivity contribution in [1.29, 1.82) is 0 Å². The van der Waals surface area contributed by atoms with E-state index in [4.69, 9.17) is 11.6 Å². The second-order valence-corrected chi connectivity index (χ2v) is 4.64. The molecule has 0 unspecified atom stereocenters. The third kappa shape index (κ3) is 2.25. The molecule has 0 bridgehead atoms. The molecule has 0 fully saturated rings. The van der Waals surface area contributed by atoms with Crippen LogP contribution < -0.4 is 0 Å². The normalized spacial score (nSPS) is 10.8. The Morgan fingerprint density at radius 2 is 1.89 bits per heavy atom. The van der Waals surface area contributed by atoms with Gasteiger partial charge in [-0.05, 0) is 29.3 Å². The van der Waals surface area contributed by atoms with Gasteiger partial charge in [0.25, 0.3) is 5.24 Å². The van der Waals surface area contributed by atoms with Crippen LogP contribution in [0.4, 0.5) is 0 Å². The highest BCUT2D eigenvalue weighted by Gasteiger charge is 2.11. The molecule has 0 radical (unpaired) electrons. The van der Waals surface area contributed by atoms with Crippen LogP contribution in [-0.4, -0.2) is 15.0 Å². The highest BCUT2D eigenvalue weighted by molar-refractivity contribution is 6.68. The number of aromatic nitrogens is 2. The molecule has 0 saturated heterocycles. The molecule has 3 nitrogen and oxygen atoms in total. The van der Waals surface area contributed by atoms with E-state index >= 15 is 0 Å². The van der Waals surface area contributed by atoms with Crippen molar-refractivity contribution >= 4 is 27.7 Å². The lowest BCUT2D eigenvalue weighted by Crippen LogP contribution is -2.01. The van der Waals surface area contributed by atoms with Crippen molar-refractivity contribution in [3.05, 3.63) is 65.9 Å². The average molecular weight is 271 g/mol. The molecule has 0 aliphatic rings. The maximum Gasteiger partial charge on any atom is 0.253 e. The highest BCUT2D eigenvalue weighted by Crippen LogP contribution is 2.20. The number of fused-ring (bicyclic) bond motifs is 1. The molecule has 0 spiro atoms. The third-order valence-corrected chi connectivity index (χ3v) is 3.28. The second kappa shape index (κ2) is 4.86. The van der Waals surface area contributed by atoms with Crippen LogP contribution in [0.2, 0.25) is 0 Å². The SMILES string of the molecule is O=C(Cl)c1cccc2c1cnn2Cc1ccccc1. The summed E-state index contributed by atoms with van der Waals surface area (Å²) < 4.78 is 1.87. The fourth-order valence-electron chi connectivity index (χ4n) is 2.16. The molecule has 0 atom stereocenters. The van der Waals surface area contributed by atoms with E-state index in [1.54, 1.807) is 12.3 Å². The van der Waals surface area contributed by atoms with Crippen LogP contribution in [0, 0.1) is 0 Å². The van der Waals surface area contributed by atoms with Gasteiger partial charge in [-0.3, -0.25) is 9.48 Å². The van der Waals surface area contributed by atoms with Gasteiger partial charge in [0.15, 0.2) is 0 Å². The summed E-state index contributed by atoms with van der Waals surface area (Å²) in [4.78, 5) is 11.4. The maximum absolute atomic E-state index is 11.4. The van der Waals surface area contributed by atoms with E-state index in [1.807, 2.05) is 47.1 Å². The minimum atomic E-state index is -0.454. The Hall–Kier alpha value is -2.13. The Kier molecular flexibility index (Phi) is 3.05. The quantitative estimate of drug-likeness (QED) is 0.683. The van der Waals surface area contributed by atoms with Crippen molar-refractivity contribution < 1.29 is 4.79 Å². The molecular weight excluding hydrogens is 260 g/mol. The minimum absolute atomic E-state index is 0.454. The molecule has 94 valence electrons. The zero-order valence-corrected chi connectivity index (χ0v) is 10.8. The molecule has 3 aromatic rings. The van der Waals surface area contributed by atoms with Gasteiger partial charge in [0, 0.05) is 10.9 Å². The first-order valence-corrected chi connectivity index (χ1v) is 6.32. The van der Waals surface area contributed by atoms with E-state index in [1.165, 1.54) is 0 Å². The summed E-state index contributed by atoms with van der Waals surface area (Å²) in [5.74, 6) is 0. The summed E-state index contributed by atoms with van der Waals surface area (Å²) in [5, 5.41) is 4.68. The molecule has 0 saturated carbocycles. The Morgan fingerprint density at radius 1 is 1.11 bits per heavy atom. The van der Waals surface area contributed by atoms with Crippen LogP contribution in [0.1, 0.15) is 15.9 Å². The van der Waals surface area contributed by atoms with Crippen LogP contribution >= 0.6 is 11.6 Å². The van der Waals surface area contributed by atoms with Crippen molar-refractivity contribution in [3.8, 4) is 0 Å². The molecule has 0 aliphatic heterocycles. The summed E-state index contributed by atoms with van der Waals surface area (Å²) >= 11 is 5.58. The summed E-state index contributed by atoms with van der Waals surface area (Å²) in [6, 6.07) is 15.5. The van der Waals surface area contributed by atoms with Gasteiger partial charge >= 0.3 is 0 Å². The summed E-state index contributed by atoms with van der Waals surface area (Å²) in [7, 11) is 0. The number of halogens is 1. The molecule has 4 heteroatoms. The van der Waals surface area contributed by atoms with Gasteiger partial charge in [0.05, 0.1) is 18.3 Å². The van der Waals surface area contributed by atoms with Crippen molar-refractivity contribution in [1.82, 2.24) is 9.78 Å². The average Bonchev–Trinajstić information content (AvgIpc) is 2.83. The van der Waals surface area contributed by atoms with Crippen molar-refractivity contribution in [2.75, 3.05) is 0 Å². The number of benzene rings is 2. The van der Waals surface area contributed by atoms with Crippen molar-refractivity contribution in [3.63, 3.8) is 0 Å². The lowest BCUT2D eigenvalue weighted by molar-refractivity contribution is 0.108. The van der Waals surface area contributed by atoms with E-state index in [9.17, 15) is 4.79 Å². The van der Waals surface area contributed by atoms with E-state index in [0.717, 1.165) is 16.5 Å². The second-order valence-electron chi connectivity index (χ2n) is 4.30. The van der Waals surface area contributed by atoms with Crippen LogP contribution in [-0.2, 0) is 6.54 Å². The van der Waals surface area contributed by atoms with Gasteiger partial charge in [-0.25, -0.2) is 0 Å². The molecule has 19 heavy (non-hydrogen) atoms. The van der Waals surface area contributed by atoms with Crippen LogP contribution in [0.5, 0.6) is 0 Å². The predicted molar refractivity (Wildman–Crippen MR) is 75.5 cm³/mol. The molecular formula is C15H11ClN2O. The lowest BCUT2D eigenvalue weighted by atomic mass is 10.1. The van der Waals surface area contributed by atoms with Gasteiger partial charge in [0.1, 0.15) is 0 Å². The Labute approximate surface area is 115 Å². The predicted octanol–water partition coefficient (Wildman–Crippen LogP) is 3.46. The Bertz CT molecular complexity index is 734. The Morgan fingerprint density at radius 3 is 2.63 bits per heavy atom. The van der Waals surface area contributed by atoms with E-state index in [2.05, 4.69) is 5.10 Å². The zero-order chi connectivity index (χ0) is 13.2. The first-order chi connectivity index (χ1) is 9.25. The minimum Gasteiger partial charge on any atom is -0.276 e. The number of hydrogen-bond donors (Lipinski definition) is 0. The number of rotatable bonds is 3. The monoisotopic (exact) mass is 270 g/mol. The summed E-state index contributed by atoms with van der Waals surface area (Å²) in [5.41, 5.74) is 2.57. The van der Waals surface area contributed by atoms with Crippen LogP contribution in [0.15, 0.2) is 54.7 Å². The fraction of sp³-hybridized carbons (Fsp3) is 0.0667. The molecule has 0 amide bonds. The lowest BCUT2D eigenvalue weighted by Gasteiger charge is -2.04. The highest BCUT2D eigenvalue weighted by atomic mass is 35.5. The zero-order valence-electron chi connectivity index (χ0n) is 10.1. The molecule has 2 aromatic carbocycles. The van der Waals surface area contributed by atoms with Gasteiger partial charge in [-0.1, -0.05) is 36.4 Å². The molecule has 1 aromatic heterocycles. The largest absolute Gasteiger partial charge is 0.276 e. The summed E-state index contributed by atoms with van der Waals surface area (Å²) in [6.45, 7) is 0.671. The van der Waals surface area contributed by atoms with E-state index in [0.29, 0.717) is 12.1 Å². The maximum atomic E-state index is 11.4. The first kappa shape index (κ1) is 11.9. The number of hydrogen-bond acceptors (Lipinski definition) is 2. The fourth-order valence-corrected chi connectivity index (χ4v) is 2.32. The van der Waals surface area contributed by atoms with Gasteiger partial charge in [-0.2, -0.15) is 5.10 Å². The van der Waals surface area contributed by atoms with E-state index < -0.39 is 5.24 Å². The molecule has 0 N–H and O–H groups in total. The smallest absolute Gasteiger partial charge is 0.253 e. The van der Waals surface area contributed by atoms with Crippen molar-refractivity contribution in [2.45, 2.75) is 6.54 Å². The topological polar surface area (TPSA) is 34.9 Å². The van der Waals surface area contributed by atoms with Crippen LogP contribution in [0.3, 0.4) is 0 Å². The van der Waals surface area contributed by atoms with Crippen LogP contribution in [0.25, 0.3) is 10.9 Å². The molecule has 1 heterocycles. The molecule has 3 rings (SSSR count). The van der Waals surface area contributed by atoms with Gasteiger partial charge in [-0.15, -0.1) is 0 Å². The standard InChI is InChI=1S/C15H11ClN2O/c16-15(19)12-7-4-8-14-13(12)9-17-18(14)10-11-5-2-1-3-6-11/h1-9H,10H2. The molecule has 0 aliphatic carbocycles. The number of carbonyl (C=O) groups is 1.